The van der Waals surface area contributed by atoms with E-state index in [1.807, 2.05) is 0 Å². The van der Waals surface area contributed by atoms with Crippen molar-refractivity contribution in [3.8, 4) is 0 Å². The minimum absolute atomic E-state index is 0.202. The van der Waals surface area contributed by atoms with Crippen molar-refractivity contribution < 1.29 is 28.7 Å². The summed E-state index contributed by atoms with van der Waals surface area (Å²) in [5.41, 5.74) is 0.850. The number of aromatic nitrogens is 3. The number of anilines is 3. The molecule has 0 bridgehead atoms. The predicted molar refractivity (Wildman–Crippen MR) is 147 cm³/mol. The quantitative estimate of drug-likeness (QED) is 0.367. The molecule has 1 fully saturated rings. The number of carbonyl (C=O) groups is 5. The van der Waals surface area contributed by atoms with Gasteiger partial charge >= 0.3 is 12.1 Å². The van der Waals surface area contributed by atoms with Crippen LogP contribution in [0.3, 0.4) is 0 Å². The van der Waals surface area contributed by atoms with E-state index in [9.17, 15) is 24.0 Å². The maximum absolute atomic E-state index is 13.0. The molecule has 0 atom stereocenters. The number of rotatable bonds is 6. The largest absolute Gasteiger partial charge is 0.443 e. The number of hydrogen-bond acceptors (Lipinski definition) is 6. The lowest BCUT2D eigenvalue weighted by Crippen LogP contribution is -2.35. The van der Waals surface area contributed by atoms with Crippen LogP contribution in [0.2, 0.25) is 0 Å². The number of amides is 6. The third-order valence-corrected chi connectivity index (χ3v) is 6.15. The molecule has 0 spiro atoms. The first-order valence-corrected chi connectivity index (χ1v) is 12.4. The maximum Gasteiger partial charge on any atom is 0.414 e. The predicted octanol–water partition coefficient (Wildman–Crippen LogP) is 2.73. The van der Waals surface area contributed by atoms with Crippen LogP contribution in [-0.2, 0) is 18.8 Å². The van der Waals surface area contributed by atoms with E-state index in [0.29, 0.717) is 23.7 Å². The minimum atomic E-state index is -0.662. The highest BCUT2D eigenvalue weighted by atomic mass is 16.6. The van der Waals surface area contributed by atoms with E-state index < -0.39 is 35.4 Å². The van der Waals surface area contributed by atoms with Crippen molar-refractivity contribution in [1.82, 2.24) is 24.3 Å². The Hall–Kier alpha value is -5.01. The summed E-state index contributed by atoms with van der Waals surface area (Å²) >= 11 is 0. The summed E-state index contributed by atoms with van der Waals surface area (Å²) in [5.74, 6) is -1.06. The molecule has 4 N–H and O–H groups in total. The summed E-state index contributed by atoms with van der Waals surface area (Å²) in [5, 5.41) is 8.06. The molecule has 1 saturated heterocycles. The number of carbonyl (C=O) groups excluding carboxylic acids is 5. The molecular formula is C26H32N8O6. The van der Waals surface area contributed by atoms with Gasteiger partial charge in [0.05, 0.1) is 11.4 Å². The fourth-order valence-corrected chi connectivity index (χ4v) is 4.04. The Kier molecular flexibility index (Phi) is 7.44. The van der Waals surface area contributed by atoms with Crippen LogP contribution in [0.25, 0.3) is 0 Å². The molecule has 40 heavy (non-hydrogen) atoms. The van der Waals surface area contributed by atoms with E-state index in [1.54, 1.807) is 51.7 Å². The zero-order valence-electron chi connectivity index (χ0n) is 23.1. The van der Waals surface area contributed by atoms with Crippen molar-refractivity contribution in [3.05, 3.63) is 53.7 Å². The number of aromatic amines is 1. The molecule has 4 heterocycles. The van der Waals surface area contributed by atoms with Gasteiger partial charge in [0.15, 0.2) is 0 Å². The first-order chi connectivity index (χ1) is 18.7. The van der Waals surface area contributed by atoms with Crippen LogP contribution in [-0.4, -0.2) is 74.6 Å². The van der Waals surface area contributed by atoms with Crippen molar-refractivity contribution >= 4 is 47.0 Å². The van der Waals surface area contributed by atoms with E-state index in [1.165, 1.54) is 40.9 Å². The number of ether oxygens (including phenoxy) is 1. The smallest absolute Gasteiger partial charge is 0.414 e. The van der Waals surface area contributed by atoms with E-state index in [-0.39, 0.29) is 23.6 Å². The van der Waals surface area contributed by atoms with E-state index in [4.69, 9.17) is 4.74 Å². The lowest BCUT2D eigenvalue weighted by Gasteiger charge is -2.23. The molecule has 212 valence electrons. The summed E-state index contributed by atoms with van der Waals surface area (Å²) in [4.78, 5) is 67.9. The van der Waals surface area contributed by atoms with Gasteiger partial charge in [0.2, 0.25) is 0 Å². The van der Waals surface area contributed by atoms with Gasteiger partial charge in [-0.05, 0) is 45.0 Å². The first-order valence-electron chi connectivity index (χ1n) is 12.4. The molecule has 0 radical (unpaired) electrons. The molecule has 4 rings (SSSR count). The van der Waals surface area contributed by atoms with E-state index in [0.717, 1.165) is 4.90 Å². The number of nitrogens with zero attached hydrogens (tertiary/aromatic N) is 4. The highest BCUT2D eigenvalue weighted by Crippen LogP contribution is 2.21. The average Bonchev–Trinajstić information content (AvgIpc) is 3.65. The molecule has 1 aliphatic heterocycles. The fraction of sp³-hybridized carbons (Fsp3) is 0.346. The molecule has 0 aliphatic carbocycles. The van der Waals surface area contributed by atoms with E-state index >= 15 is 0 Å². The average molecular weight is 553 g/mol. The maximum atomic E-state index is 13.0. The monoisotopic (exact) mass is 552 g/mol. The minimum Gasteiger partial charge on any atom is -0.443 e. The lowest BCUT2D eigenvalue weighted by molar-refractivity contribution is 0.0588. The van der Waals surface area contributed by atoms with Crippen LogP contribution in [0.5, 0.6) is 0 Å². The van der Waals surface area contributed by atoms with Crippen LogP contribution in [0.15, 0.2) is 36.7 Å². The molecule has 14 heteroatoms. The zero-order valence-corrected chi connectivity index (χ0v) is 23.1. The van der Waals surface area contributed by atoms with Gasteiger partial charge in [-0.2, -0.15) is 0 Å². The van der Waals surface area contributed by atoms with Crippen molar-refractivity contribution in [3.63, 3.8) is 0 Å². The zero-order chi connectivity index (χ0) is 29.4. The van der Waals surface area contributed by atoms with Gasteiger partial charge in [-0.3, -0.25) is 24.2 Å². The topological polar surface area (TPSA) is 163 Å². The molecule has 0 aromatic carbocycles. The second-order valence-electron chi connectivity index (χ2n) is 10.3. The summed E-state index contributed by atoms with van der Waals surface area (Å²) in [7, 11) is 4.80. The molecule has 6 amide bonds. The second-order valence-corrected chi connectivity index (χ2v) is 10.3. The van der Waals surface area contributed by atoms with Crippen molar-refractivity contribution in [2.45, 2.75) is 26.4 Å². The molecule has 1 aliphatic rings. The Morgan fingerprint density at radius 1 is 1.02 bits per heavy atom. The highest BCUT2D eigenvalue weighted by Gasteiger charge is 2.29. The third kappa shape index (κ3) is 5.85. The Balaban J connectivity index is 1.41. The van der Waals surface area contributed by atoms with Gasteiger partial charge in [0.1, 0.15) is 28.5 Å². The normalized spacial score (nSPS) is 13.2. The Morgan fingerprint density at radius 3 is 2.40 bits per heavy atom. The molecule has 14 nitrogen and oxygen atoms in total. The summed E-state index contributed by atoms with van der Waals surface area (Å²) in [6.07, 6.45) is 2.53. The van der Waals surface area contributed by atoms with Crippen LogP contribution in [0.1, 0.15) is 52.2 Å². The standard InChI is InChI=1S/C26H32N8O6/c1-26(2,3)40-25(39)32(5)16-12-17(28-13-16)21(35)29-15-11-19(31(4)14-15)22(36)30-20-8-7-18(33(20)6)23(37)34-10-9-27-24(34)38/h7-8,11-14,28H,9-10H2,1-6H3,(H,27,38)(H,29,35)(H,30,36). The molecule has 3 aromatic rings. The van der Waals surface area contributed by atoms with E-state index in [2.05, 4.69) is 20.9 Å². The van der Waals surface area contributed by atoms with Gasteiger partial charge in [-0.15, -0.1) is 0 Å². The second kappa shape index (κ2) is 10.6. The molecule has 0 saturated carbocycles. The van der Waals surface area contributed by atoms with Crippen LogP contribution in [0.4, 0.5) is 26.8 Å². The lowest BCUT2D eigenvalue weighted by atomic mass is 10.2. The summed E-state index contributed by atoms with van der Waals surface area (Å²) < 4.78 is 8.38. The highest BCUT2D eigenvalue weighted by molar-refractivity contribution is 6.08. The summed E-state index contributed by atoms with van der Waals surface area (Å²) in [6.45, 7) is 5.94. The van der Waals surface area contributed by atoms with Crippen molar-refractivity contribution in [1.29, 1.82) is 0 Å². The van der Waals surface area contributed by atoms with Gasteiger partial charge in [0.25, 0.3) is 17.7 Å². The van der Waals surface area contributed by atoms with Gasteiger partial charge in [0, 0.05) is 46.6 Å². The van der Waals surface area contributed by atoms with Crippen molar-refractivity contribution in [2.24, 2.45) is 14.1 Å². The Morgan fingerprint density at radius 2 is 1.75 bits per heavy atom. The number of nitrogens with one attached hydrogen (secondary N) is 4. The number of aryl methyl sites for hydroxylation is 1. The first kappa shape index (κ1) is 28.0. The number of urea groups is 1. The van der Waals surface area contributed by atoms with Gasteiger partial charge in [-0.25, -0.2) is 9.59 Å². The molecule has 3 aromatic heterocycles. The Labute approximate surface area is 230 Å². The van der Waals surface area contributed by atoms with Crippen LogP contribution in [0, 0.1) is 0 Å². The molecule has 0 unspecified atom stereocenters. The van der Waals surface area contributed by atoms with Gasteiger partial charge in [-0.1, -0.05) is 0 Å². The van der Waals surface area contributed by atoms with Crippen molar-refractivity contribution in [2.75, 3.05) is 35.7 Å². The fourth-order valence-electron chi connectivity index (χ4n) is 4.04. The Bertz CT molecular complexity index is 1490. The summed E-state index contributed by atoms with van der Waals surface area (Å²) in [6, 6.07) is 5.66. The number of H-pyrrole nitrogens is 1. The SMILES string of the molecule is CN(C(=O)OC(C)(C)C)c1c[nH]c(C(=O)Nc2cc(C(=O)Nc3ccc(C(=O)N4CCNC4=O)n3C)n(C)c2)c1. The van der Waals surface area contributed by atoms with Gasteiger partial charge < -0.3 is 34.8 Å². The third-order valence-electron chi connectivity index (χ3n) is 6.15. The van der Waals surface area contributed by atoms with Crippen LogP contribution >= 0.6 is 0 Å². The molecular weight excluding hydrogens is 520 g/mol. The van der Waals surface area contributed by atoms with Crippen LogP contribution < -0.4 is 20.9 Å². The number of hydrogen-bond donors (Lipinski definition) is 4. The number of imide groups is 1.